The van der Waals surface area contributed by atoms with E-state index in [2.05, 4.69) is 0 Å². The summed E-state index contributed by atoms with van der Waals surface area (Å²) >= 11 is 3.53. The first-order valence-electron chi connectivity index (χ1n) is 2.77. The lowest BCUT2D eigenvalue weighted by molar-refractivity contribution is 0.288. The molecule has 1 aliphatic rings. The molecule has 0 aromatic heterocycles. The second-order valence-electron chi connectivity index (χ2n) is 1.75. The summed E-state index contributed by atoms with van der Waals surface area (Å²) in [6, 6.07) is 0. The third kappa shape index (κ3) is 2.29. The predicted molar refractivity (Wildman–Crippen MR) is 40.4 cm³/mol. The van der Waals surface area contributed by atoms with E-state index in [1.165, 1.54) is 12.2 Å². The minimum Gasteiger partial charge on any atom is -0.382 e. The lowest BCUT2D eigenvalue weighted by Gasteiger charge is -2.01. The topological polar surface area (TPSA) is 20.2 Å². The monoisotopic (exact) mass is 150 g/mol. The molecule has 1 unspecified atom stereocenters. The van der Waals surface area contributed by atoms with E-state index in [9.17, 15) is 0 Å². The molecule has 0 aliphatic carbocycles. The highest BCUT2D eigenvalue weighted by atomic mass is 32.2. The van der Waals surface area contributed by atoms with Gasteiger partial charge >= 0.3 is 0 Å². The Morgan fingerprint density at radius 2 is 2.25 bits per heavy atom. The fraction of sp³-hybridized carbons (Fsp3) is 1.00. The molecule has 0 saturated carbocycles. The largest absolute Gasteiger partial charge is 0.382 e. The van der Waals surface area contributed by atoms with E-state index in [4.69, 9.17) is 5.11 Å². The van der Waals surface area contributed by atoms with Gasteiger partial charge in [0.2, 0.25) is 0 Å². The normalized spacial score (nSPS) is 31.9. The molecule has 0 bridgehead atoms. The van der Waals surface area contributed by atoms with Crippen molar-refractivity contribution < 1.29 is 5.11 Å². The molecule has 0 aromatic carbocycles. The standard InChI is InChI=1S/C5H10OS2/c6-5-4-7-2-1-3-8-5/h5-6H,1-4H2. The lowest BCUT2D eigenvalue weighted by Crippen LogP contribution is -2.01. The Labute approximate surface area is 58.2 Å². The Balaban J connectivity index is 2.17. The number of thioether (sulfide) groups is 2. The van der Waals surface area contributed by atoms with E-state index in [-0.39, 0.29) is 5.44 Å². The average molecular weight is 150 g/mol. The van der Waals surface area contributed by atoms with Crippen LogP contribution >= 0.6 is 23.5 Å². The van der Waals surface area contributed by atoms with Crippen molar-refractivity contribution >= 4 is 23.5 Å². The van der Waals surface area contributed by atoms with Crippen LogP contribution in [0.4, 0.5) is 0 Å². The Hall–Kier alpha value is 0.660. The number of hydrogen-bond acceptors (Lipinski definition) is 3. The first-order chi connectivity index (χ1) is 3.89. The number of rotatable bonds is 0. The van der Waals surface area contributed by atoms with Crippen LogP contribution < -0.4 is 0 Å². The molecule has 0 amide bonds. The SMILES string of the molecule is OC1CSCCCS1. The highest BCUT2D eigenvalue weighted by molar-refractivity contribution is 8.03. The molecule has 1 aliphatic heterocycles. The van der Waals surface area contributed by atoms with E-state index in [1.54, 1.807) is 11.8 Å². The molecule has 3 heteroatoms. The summed E-state index contributed by atoms with van der Waals surface area (Å²) in [4.78, 5) is 0. The first-order valence-corrected chi connectivity index (χ1v) is 4.97. The van der Waals surface area contributed by atoms with E-state index in [0.29, 0.717) is 0 Å². The van der Waals surface area contributed by atoms with Gasteiger partial charge in [0.25, 0.3) is 0 Å². The van der Waals surface area contributed by atoms with Gasteiger partial charge in [0.1, 0.15) is 5.44 Å². The van der Waals surface area contributed by atoms with Crippen molar-refractivity contribution in [3.63, 3.8) is 0 Å². The molecule has 0 aromatic rings. The van der Waals surface area contributed by atoms with Gasteiger partial charge in [-0.15, -0.1) is 11.8 Å². The van der Waals surface area contributed by atoms with Gasteiger partial charge in [-0.3, -0.25) is 0 Å². The molecule has 1 atom stereocenters. The Morgan fingerprint density at radius 3 is 3.12 bits per heavy atom. The fourth-order valence-corrected chi connectivity index (χ4v) is 2.77. The molecule has 8 heavy (non-hydrogen) atoms. The van der Waals surface area contributed by atoms with Crippen molar-refractivity contribution in [2.24, 2.45) is 0 Å². The van der Waals surface area contributed by atoms with Crippen LogP contribution in [0.25, 0.3) is 0 Å². The van der Waals surface area contributed by atoms with Crippen LogP contribution in [0.3, 0.4) is 0 Å². The molecule has 0 radical (unpaired) electrons. The highest BCUT2D eigenvalue weighted by Crippen LogP contribution is 2.20. The minimum absolute atomic E-state index is 0.0949. The zero-order valence-corrected chi connectivity index (χ0v) is 6.30. The van der Waals surface area contributed by atoms with E-state index in [1.807, 2.05) is 11.8 Å². The molecular weight excluding hydrogens is 140 g/mol. The minimum atomic E-state index is -0.0949. The Morgan fingerprint density at radius 1 is 1.38 bits per heavy atom. The van der Waals surface area contributed by atoms with Gasteiger partial charge < -0.3 is 5.11 Å². The summed E-state index contributed by atoms with van der Waals surface area (Å²) in [5.41, 5.74) is -0.0949. The van der Waals surface area contributed by atoms with E-state index in [0.717, 1.165) is 11.5 Å². The summed E-state index contributed by atoms with van der Waals surface area (Å²) in [6.45, 7) is 0. The van der Waals surface area contributed by atoms with E-state index >= 15 is 0 Å². The van der Waals surface area contributed by atoms with Crippen LogP contribution in [0, 0.1) is 0 Å². The number of aliphatic hydroxyl groups is 1. The zero-order chi connectivity index (χ0) is 5.82. The Bertz CT molecular complexity index is 59.4. The van der Waals surface area contributed by atoms with Crippen LogP contribution in [-0.2, 0) is 0 Å². The van der Waals surface area contributed by atoms with Gasteiger partial charge in [-0.25, -0.2) is 0 Å². The highest BCUT2D eigenvalue weighted by Gasteiger charge is 2.07. The average Bonchev–Trinajstić information content (AvgIpc) is 1.94. The second kappa shape index (κ2) is 3.64. The molecule has 1 rings (SSSR count). The zero-order valence-electron chi connectivity index (χ0n) is 4.67. The van der Waals surface area contributed by atoms with Crippen molar-refractivity contribution in [1.29, 1.82) is 0 Å². The summed E-state index contributed by atoms with van der Waals surface area (Å²) in [7, 11) is 0. The van der Waals surface area contributed by atoms with Crippen LogP contribution in [-0.4, -0.2) is 27.8 Å². The maximum Gasteiger partial charge on any atom is 0.108 e. The van der Waals surface area contributed by atoms with Crippen molar-refractivity contribution in [2.75, 3.05) is 17.3 Å². The van der Waals surface area contributed by atoms with Crippen molar-refractivity contribution in [3.8, 4) is 0 Å². The fourth-order valence-electron chi connectivity index (χ4n) is 0.613. The molecule has 1 saturated heterocycles. The third-order valence-electron chi connectivity index (χ3n) is 1.00. The molecule has 1 N–H and O–H groups in total. The first kappa shape index (κ1) is 6.78. The number of aliphatic hydroxyl groups excluding tert-OH is 1. The molecule has 1 heterocycles. The maximum atomic E-state index is 9.03. The molecule has 1 nitrogen and oxygen atoms in total. The van der Waals surface area contributed by atoms with Crippen molar-refractivity contribution in [2.45, 2.75) is 11.9 Å². The van der Waals surface area contributed by atoms with Crippen LogP contribution in [0.2, 0.25) is 0 Å². The van der Waals surface area contributed by atoms with Gasteiger partial charge in [0.05, 0.1) is 0 Å². The van der Waals surface area contributed by atoms with Crippen molar-refractivity contribution in [1.82, 2.24) is 0 Å². The Kier molecular flexibility index (Phi) is 3.08. The van der Waals surface area contributed by atoms with Gasteiger partial charge in [0, 0.05) is 5.75 Å². The van der Waals surface area contributed by atoms with Gasteiger partial charge in [0.15, 0.2) is 0 Å². The third-order valence-corrected chi connectivity index (χ3v) is 3.42. The second-order valence-corrected chi connectivity index (χ2v) is 4.19. The predicted octanol–water partition coefficient (Wildman–Crippen LogP) is 1.17. The van der Waals surface area contributed by atoms with Crippen molar-refractivity contribution in [3.05, 3.63) is 0 Å². The number of hydrogen-bond donors (Lipinski definition) is 1. The molecule has 0 spiro atoms. The summed E-state index contributed by atoms with van der Waals surface area (Å²) in [5.74, 6) is 3.28. The van der Waals surface area contributed by atoms with Crippen LogP contribution in [0.15, 0.2) is 0 Å². The summed E-state index contributed by atoms with van der Waals surface area (Å²) in [5, 5.41) is 9.03. The van der Waals surface area contributed by atoms with Gasteiger partial charge in [-0.2, -0.15) is 11.8 Å². The van der Waals surface area contributed by atoms with Crippen LogP contribution in [0.5, 0.6) is 0 Å². The summed E-state index contributed by atoms with van der Waals surface area (Å²) in [6.07, 6.45) is 1.26. The van der Waals surface area contributed by atoms with Crippen LogP contribution in [0.1, 0.15) is 6.42 Å². The molecule has 1 fully saturated rings. The lowest BCUT2D eigenvalue weighted by atomic mass is 10.6. The van der Waals surface area contributed by atoms with E-state index < -0.39 is 0 Å². The summed E-state index contributed by atoms with van der Waals surface area (Å²) < 4.78 is 0. The smallest absolute Gasteiger partial charge is 0.108 e. The van der Waals surface area contributed by atoms with Gasteiger partial charge in [-0.1, -0.05) is 0 Å². The maximum absolute atomic E-state index is 9.03. The van der Waals surface area contributed by atoms with Gasteiger partial charge in [-0.05, 0) is 17.9 Å². The molecular formula is C5H10OS2. The molecule has 48 valence electrons. The quantitative estimate of drug-likeness (QED) is 0.560.